The third-order valence-corrected chi connectivity index (χ3v) is 4.06. The van der Waals surface area contributed by atoms with E-state index in [0.29, 0.717) is 17.7 Å². The van der Waals surface area contributed by atoms with E-state index in [2.05, 4.69) is 9.71 Å². The molecule has 0 amide bonds. The first-order valence-electron chi connectivity index (χ1n) is 5.65. The van der Waals surface area contributed by atoms with Gasteiger partial charge in [0.15, 0.2) is 11.6 Å². The summed E-state index contributed by atoms with van der Waals surface area (Å²) in [5.41, 5.74) is -0.0789. The molecule has 0 radical (unpaired) electrons. The van der Waals surface area contributed by atoms with Crippen LogP contribution in [0.5, 0.6) is 0 Å². The maximum Gasteiger partial charge on any atom is 0.335 e. The minimum Gasteiger partial charge on any atom is -0.478 e. The molecule has 0 atom stereocenters. The van der Waals surface area contributed by atoms with Gasteiger partial charge in [0.05, 0.1) is 5.56 Å². The van der Waals surface area contributed by atoms with E-state index in [1.165, 1.54) is 6.20 Å². The summed E-state index contributed by atoms with van der Waals surface area (Å²) < 4.78 is 52.9. The molecule has 1 aromatic heterocycles. The number of rotatable bonds is 5. The van der Waals surface area contributed by atoms with E-state index in [-0.39, 0.29) is 6.54 Å². The maximum absolute atomic E-state index is 13.6. The molecule has 0 fully saturated rings. The minimum atomic E-state index is -4.39. The van der Waals surface area contributed by atoms with Crippen LogP contribution in [0.3, 0.4) is 0 Å². The number of halogens is 2. The zero-order valence-electron chi connectivity index (χ0n) is 10.4. The first kappa shape index (κ1) is 15.1. The molecule has 6 nitrogen and oxygen atoms in total. The van der Waals surface area contributed by atoms with Crippen molar-refractivity contribution in [3.05, 3.63) is 53.4 Å². The normalized spacial score (nSPS) is 11.5. The molecule has 9 heteroatoms. The molecule has 0 aliphatic carbocycles. The predicted molar refractivity (Wildman–Crippen MR) is 68.1 cm³/mol. The Balaban J connectivity index is 2.37. The summed E-state index contributed by atoms with van der Waals surface area (Å²) in [6, 6.07) is 2.58. The molecule has 21 heavy (non-hydrogen) atoms. The first-order valence-corrected chi connectivity index (χ1v) is 7.13. The molecular formula is C12H10F2N2O4S. The third kappa shape index (κ3) is 3.26. The highest BCUT2D eigenvalue weighted by atomic mass is 32.2. The van der Waals surface area contributed by atoms with Crippen LogP contribution in [0.1, 0.15) is 15.9 Å². The molecule has 1 heterocycles. The van der Waals surface area contributed by atoms with Crippen LogP contribution in [0, 0.1) is 11.6 Å². The smallest absolute Gasteiger partial charge is 0.335 e. The number of hydrogen-bond acceptors (Lipinski definition) is 3. The van der Waals surface area contributed by atoms with E-state index < -0.39 is 38.1 Å². The lowest BCUT2D eigenvalue weighted by Crippen LogP contribution is -2.25. The molecule has 112 valence electrons. The van der Waals surface area contributed by atoms with Gasteiger partial charge < -0.3 is 10.1 Å². The summed E-state index contributed by atoms with van der Waals surface area (Å²) in [4.78, 5) is 12.4. The largest absolute Gasteiger partial charge is 0.478 e. The molecule has 2 rings (SSSR count). The van der Waals surface area contributed by atoms with E-state index in [1.807, 2.05) is 0 Å². The maximum atomic E-state index is 13.6. The monoisotopic (exact) mass is 316 g/mol. The highest BCUT2D eigenvalue weighted by Crippen LogP contribution is 2.20. The summed E-state index contributed by atoms with van der Waals surface area (Å²) in [5.74, 6) is -4.73. The van der Waals surface area contributed by atoms with Gasteiger partial charge in [0, 0.05) is 18.9 Å². The molecule has 0 aliphatic heterocycles. The number of aromatic carboxylic acids is 1. The van der Waals surface area contributed by atoms with Gasteiger partial charge in [-0.2, -0.15) is 0 Å². The fraction of sp³-hybridized carbons (Fsp3) is 0.0833. The van der Waals surface area contributed by atoms with Gasteiger partial charge in [-0.3, -0.25) is 0 Å². The predicted octanol–water partition coefficient (Wildman–Crippen LogP) is 1.47. The van der Waals surface area contributed by atoms with Crippen molar-refractivity contribution in [3.63, 3.8) is 0 Å². The summed E-state index contributed by atoms with van der Waals surface area (Å²) in [6.07, 6.45) is 3.09. The molecule has 0 spiro atoms. The van der Waals surface area contributed by atoms with Crippen LogP contribution in [0.2, 0.25) is 0 Å². The van der Waals surface area contributed by atoms with Gasteiger partial charge >= 0.3 is 5.97 Å². The molecule has 1 aromatic carbocycles. The topological polar surface area (TPSA) is 99.3 Å². The van der Waals surface area contributed by atoms with Crippen LogP contribution < -0.4 is 4.72 Å². The van der Waals surface area contributed by atoms with Gasteiger partial charge in [0.25, 0.3) is 0 Å². The number of hydrogen-bond donors (Lipinski definition) is 3. The lowest BCUT2D eigenvalue weighted by Gasteiger charge is -2.08. The second kappa shape index (κ2) is 5.62. The fourth-order valence-corrected chi connectivity index (χ4v) is 2.74. The Hall–Kier alpha value is -2.26. The van der Waals surface area contributed by atoms with E-state index in [1.54, 1.807) is 12.3 Å². The Morgan fingerprint density at radius 2 is 2.05 bits per heavy atom. The van der Waals surface area contributed by atoms with Gasteiger partial charge in [0.2, 0.25) is 10.0 Å². The van der Waals surface area contributed by atoms with Crippen LogP contribution >= 0.6 is 0 Å². The van der Waals surface area contributed by atoms with Crippen molar-refractivity contribution in [2.75, 3.05) is 0 Å². The number of aromatic amines is 1. The first-order chi connectivity index (χ1) is 9.81. The molecule has 0 saturated heterocycles. The zero-order valence-corrected chi connectivity index (χ0v) is 11.2. The average Bonchev–Trinajstić information content (AvgIpc) is 2.92. The van der Waals surface area contributed by atoms with E-state index in [4.69, 9.17) is 5.11 Å². The number of nitrogens with one attached hydrogen (secondary N) is 2. The number of aromatic nitrogens is 1. The molecule has 2 aromatic rings. The summed E-state index contributed by atoms with van der Waals surface area (Å²) >= 11 is 0. The summed E-state index contributed by atoms with van der Waals surface area (Å²) in [6.45, 7) is -0.149. The average molecular weight is 316 g/mol. The van der Waals surface area contributed by atoms with Crippen molar-refractivity contribution in [2.45, 2.75) is 11.4 Å². The molecule has 3 N–H and O–H groups in total. The van der Waals surface area contributed by atoms with Gasteiger partial charge in [-0.1, -0.05) is 0 Å². The number of benzene rings is 1. The third-order valence-electron chi connectivity index (χ3n) is 2.66. The van der Waals surface area contributed by atoms with Crippen LogP contribution in [0.15, 0.2) is 35.5 Å². The molecule has 0 saturated carbocycles. The number of carboxylic acids is 1. The Morgan fingerprint density at radius 3 is 2.62 bits per heavy atom. The minimum absolute atomic E-state index is 0.149. The molecule has 0 unspecified atom stereocenters. The van der Waals surface area contributed by atoms with Crippen molar-refractivity contribution in [2.24, 2.45) is 0 Å². The van der Waals surface area contributed by atoms with Crippen molar-refractivity contribution in [3.8, 4) is 0 Å². The van der Waals surface area contributed by atoms with E-state index in [0.717, 1.165) is 0 Å². The van der Waals surface area contributed by atoms with Gasteiger partial charge in [-0.05, 0) is 23.8 Å². The van der Waals surface area contributed by atoms with Crippen LogP contribution in [0.4, 0.5) is 8.78 Å². The highest BCUT2D eigenvalue weighted by molar-refractivity contribution is 7.89. The number of H-pyrrole nitrogens is 1. The Bertz CT molecular complexity index is 773. The van der Waals surface area contributed by atoms with Crippen LogP contribution in [0.25, 0.3) is 0 Å². The molecular weight excluding hydrogens is 306 g/mol. The number of carboxylic acid groups (broad SMARTS) is 1. The van der Waals surface area contributed by atoms with E-state index in [9.17, 15) is 22.0 Å². The summed E-state index contributed by atoms with van der Waals surface area (Å²) in [5, 5.41) is 8.76. The second-order valence-electron chi connectivity index (χ2n) is 4.12. The Labute approximate surface area is 118 Å². The van der Waals surface area contributed by atoms with Gasteiger partial charge in [-0.25, -0.2) is 26.7 Å². The van der Waals surface area contributed by atoms with Gasteiger partial charge in [-0.15, -0.1) is 0 Å². The molecule has 0 bridgehead atoms. The lowest BCUT2D eigenvalue weighted by atomic mass is 10.2. The standard InChI is InChI=1S/C12H10F2N2O4S/c13-9-3-8(12(17)18)4-10(11(9)14)21(19,20)16-6-7-1-2-15-5-7/h1-5,15-16H,6H2,(H,17,18). The molecule has 0 aliphatic rings. The lowest BCUT2D eigenvalue weighted by molar-refractivity contribution is 0.0696. The van der Waals surface area contributed by atoms with Crippen molar-refractivity contribution >= 4 is 16.0 Å². The van der Waals surface area contributed by atoms with E-state index >= 15 is 0 Å². The fourth-order valence-electron chi connectivity index (χ4n) is 1.61. The van der Waals surface area contributed by atoms with Crippen molar-refractivity contribution < 1.29 is 27.1 Å². The van der Waals surface area contributed by atoms with Crippen molar-refractivity contribution in [1.82, 2.24) is 9.71 Å². The van der Waals surface area contributed by atoms with Crippen molar-refractivity contribution in [1.29, 1.82) is 0 Å². The van der Waals surface area contributed by atoms with Crippen LogP contribution in [-0.4, -0.2) is 24.5 Å². The summed E-state index contributed by atoms with van der Waals surface area (Å²) in [7, 11) is -4.39. The highest BCUT2D eigenvalue weighted by Gasteiger charge is 2.24. The Morgan fingerprint density at radius 1 is 1.33 bits per heavy atom. The zero-order chi connectivity index (χ0) is 15.6. The quantitative estimate of drug-likeness (QED) is 0.778. The number of sulfonamides is 1. The Kier molecular flexibility index (Phi) is 4.05. The van der Waals surface area contributed by atoms with Crippen LogP contribution in [-0.2, 0) is 16.6 Å². The SMILES string of the molecule is O=C(O)c1cc(F)c(F)c(S(=O)(=O)NCc2cc[nH]c2)c1. The number of carbonyl (C=O) groups is 1. The second-order valence-corrected chi connectivity index (χ2v) is 5.85. The van der Waals surface area contributed by atoms with Gasteiger partial charge in [0.1, 0.15) is 4.90 Å².